The van der Waals surface area contributed by atoms with Crippen molar-refractivity contribution in [1.82, 2.24) is 14.8 Å². The van der Waals surface area contributed by atoms with Crippen molar-refractivity contribution in [2.75, 3.05) is 11.5 Å². The lowest BCUT2D eigenvalue weighted by atomic mass is 10.2. The monoisotopic (exact) mass is 244 g/mol. The Balaban J connectivity index is 2.26. The number of nitrogens with zero attached hydrogens (tertiary/aromatic N) is 2. The van der Waals surface area contributed by atoms with E-state index < -0.39 is 0 Å². The summed E-state index contributed by atoms with van der Waals surface area (Å²) in [6.45, 7) is 2.19. The van der Waals surface area contributed by atoms with E-state index in [9.17, 15) is 0 Å². The first-order valence-corrected chi connectivity index (χ1v) is 6.73. The minimum Gasteiger partial charge on any atom is -0.368 e. The van der Waals surface area contributed by atoms with E-state index in [1.165, 1.54) is 12.8 Å². The van der Waals surface area contributed by atoms with Crippen molar-refractivity contribution < 1.29 is 0 Å². The van der Waals surface area contributed by atoms with Crippen molar-refractivity contribution in [3.8, 4) is 0 Å². The number of nitrogens with two attached hydrogens (primary N) is 1. The highest BCUT2D eigenvalue weighted by Crippen LogP contribution is 2.39. The number of hydrogen-bond acceptors (Lipinski definition) is 4. The molecule has 84 valence electrons. The highest BCUT2D eigenvalue weighted by molar-refractivity contribution is 7.99. The average Bonchev–Trinajstić information content (AvgIpc) is 2.75. The van der Waals surface area contributed by atoms with E-state index in [-0.39, 0.29) is 0 Å². The van der Waals surface area contributed by atoms with Gasteiger partial charge >= 0.3 is 0 Å². The molecule has 0 aromatic carbocycles. The highest BCUT2D eigenvalue weighted by Gasteiger charge is 2.30. The van der Waals surface area contributed by atoms with Gasteiger partial charge in [-0.3, -0.25) is 4.57 Å². The number of aromatic amines is 1. The zero-order valence-electron chi connectivity index (χ0n) is 8.77. The molecule has 1 aromatic rings. The summed E-state index contributed by atoms with van der Waals surface area (Å²) in [4.78, 5) is 0. The van der Waals surface area contributed by atoms with Gasteiger partial charge in [-0.05, 0) is 30.8 Å². The van der Waals surface area contributed by atoms with E-state index in [0.717, 1.165) is 12.2 Å². The van der Waals surface area contributed by atoms with Gasteiger partial charge in [-0.1, -0.05) is 13.3 Å². The van der Waals surface area contributed by atoms with Gasteiger partial charge in [0, 0.05) is 5.25 Å². The summed E-state index contributed by atoms with van der Waals surface area (Å²) < 4.78 is 2.64. The van der Waals surface area contributed by atoms with E-state index >= 15 is 0 Å². The van der Waals surface area contributed by atoms with Crippen LogP contribution >= 0.6 is 24.0 Å². The Morgan fingerprint density at radius 2 is 2.47 bits per heavy atom. The third kappa shape index (κ3) is 2.06. The molecule has 0 spiro atoms. The standard InChI is InChI=1S/C9H16N4S2/c1-2-15-7-5-3-4-6(7)13-8(10)11-12-9(13)14/h6-7H,2-5H2,1H3,(H2,10,11)(H,12,14). The summed E-state index contributed by atoms with van der Waals surface area (Å²) in [5, 5.41) is 7.37. The highest BCUT2D eigenvalue weighted by atomic mass is 32.2. The number of nitrogens with one attached hydrogen (secondary N) is 1. The molecule has 0 saturated heterocycles. The van der Waals surface area contributed by atoms with Crippen LogP contribution in [0.1, 0.15) is 32.2 Å². The van der Waals surface area contributed by atoms with Crippen LogP contribution in [0.5, 0.6) is 0 Å². The smallest absolute Gasteiger partial charge is 0.220 e. The molecule has 1 aliphatic rings. The molecule has 0 radical (unpaired) electrons. The van der Waals surface area contributed by atoms with Gasteiger partial charge in [0.1, 0.15) is 0 Å². The Labute approximate surface area is 98.6 Å². The van der Waals surface area contributed by atoms with Crippen molar-refractivity contribution in [3.05, 3.63) is 4.77 Å². The number of thioether (sulfide) groups is 1. The van der Waals surface area contributed by atoms with Crippen molar-refractivity contribution in [2.24, 2.45) is 0 Å². The lowest BCUT2D eigenvalue weighted by Gasteiger charge is -2.20. The maximum Gasteiger partial charge on any atom is 0.220 e. The molecule has 1 heterocycles. The van der Waals surface area contributed by atoms with Crippen LogP contribution in [0.25, 0.3) is 0 Å². The Bertz CT molecular complexity index is 384. The molecule has 3 N–H and O–H groups in total. The summed E-state index contributed by atoms with van der Waals surface area (Å²) in [6, 6.07) is 0.432. The molecule has 1 fully saturated rings. The molecule has 0 amide bonds. The maximum absolute atomic E-state index is 5.82. The van der Waals surface area contributed by atoms with Crippen LogP contribution in [0.15, 0.2) is 0 Å². The van der Waals surface area contributed by atoms with Crippen LogP contribution in [-0.2, 0) is 0 Å². The van der Waals surface area contributed by atoms with Crippen LogP contribution in [0.4, 0.5) is 5.95 Å². The van der Waals surface area contributed by atoms with E-state index in [2.05, 4.69) is 17.1 Å². The van der Waals surface area contributed by atoms with Gasteiger partial charge in [-0.25, -0.2) is 5.10 Å². The van der Waals surface area contributed by atoms with E-state index in [4.69, 9.17) is 18.0 Å². The average molecular weight is 244 g/mol. The Kier molecular flexibility index (Phi) is 3.35. The second kappa shape index (κ2) is 4.57. The Hall–Kier alpha value is -0.490. The number of H-pyrrole nitrogens is 1. The fraction of sp³-hybridized carbons (Fsp3) is 0.778. The van der Waals surface area contributed by atoms with Crippen LogP contribution in [0.3, 0.4) is 0 Å². The van der Waals surface area contributed by atoms with E-state index in [1.54, 1.807) is 0 Å². The topological polar surface area (TPSA) is 59.6 Å². The van der Waals surface area contributed by atoms with Gasteiger partial charge in [0.15, 0.2) is 4.77 Å². The maximum atomic E-state index is 5.82. The molecule has 2 rings (SSSR count). The first-order chi connectivity index (χ1) is 7.24. The summed E-state index contributed by atoms with van der Waals surface area (Å²) >= 11 is 7.20. The van der Waals surface area contributed by atoms with Gasteiger partial charge in [-0.15, -0.1) is 5.10 Å². The molecular formula is C9H16N4S2. The van der Waals surface area contributed by atoms with E-state index in [0.29, 0.717) is 22.0 Å². The molecule has 1 saturated carbocycles. The summed E-state index contributed by atoms with van der Waals surface area (Å²) in [5.41, 5.74) is 5.82. The molecule has 2 atom stereocenters. The SMILES string of the molecule is CCSC1CCCC1n1c(N)n[nH]c1=S. The van der Waals surface area contributed by atoms with Crippen LogP contribution in [0.2, 0.25) is 0 Å². The van der Waals surface area contributed by atoms with Crippen molar-refractivity contribution >= 4 is 29.9 Å². The Morgan fingerprint density at radius 3 is 3.07 bits per heavy atom. The molecule has 1 aromatic heterocycles. The lowest BCUT2D eigenvalue weighted by molar-refractivity contribution is 0.528. The zero-order valence-corrected chi connectivity index (χ0v) is 10.4. The van der Waals surface area contributed by atoms with Crippen molar-refractivity contribution in [2.45, 2.75) is 37.5 Å². The lowest BCUT2D eigenvalue weighted by Crippen LogP contribution is -2.18. The molecule has 15 heavy (non-hydrogen) atoms. The Morgan fingerprint density at radius 1 is 1.67 bits per heavy atom. The summed E-state index contributed by atoms with van der Waals surface area (Å²) in [5.74, 6) is 1.67. The molecule has 1 aliphatic carbocycles. The van der Waals surface area contributed by atoms with Gasteiger partial charge in [0.2, 0.25) is 5.95 Å². The van der Waals surface area contributed by atoms with Crippen LogP contribution in [-0.4, -0.2) is 25.8 Å². The van der Waals surface area contributed by atoms with Gasteiger partial charge in [0.05, 0.1) is 6.04 Å². The second-order valence-corrected chi connectivity index (χ2v) is 5.65. The quantitative estimate of drug-likeness (QED) is 0.801. The number of nitrogen functional groups attached to an aromatic ring is 1. The fourth-order valence-corrected chi connectivity index (χ4v) is 3.76. The molecular weight excluding hydrogens is 228 g/mol. The number of aromatic nitrogens is 3. The number of hydrogen-bond donors (Lipinski definition) is 2. The second-order valence-electron chi connectivity index (χ2n) is 3.75. The van der Waals surface area contributed by atoms with Crippen LogP contribution in [0, 0.1) is 4.77 Å². The normalized spacial score (nSPS) is 25.9. The molecule has 4 nitrogen and oxygen atoms in total. The fourth-order valence-electron chi connectivity index (χ4n) is 2.25. The first kappa shape index (κ1) is 11.0. The first-order valence-electron chi connectivity index (χ1n) is 5.28. The van der Waals surface area contributed by atoms with Gasteiger partial charge in [0.25, 0.3) is 0 Å². The van der Waals surface area contributed by atoms with Crippen molar-refractivity contribution in [3.63, 3.8) is 0 Å². The minimum atomic E-state index is 0.432. The molecule has 0 aliphatic heterocycles. The van der Waals surface area contributed by atoms with E-state index in [1.807, 2.05) is 16.3 Å². The predicted octanol–water partition coefficient (Wildman–Crippen LogP) is 2.37. The molecule has 2 unspecified atom stereocenters. The number of anilines is 1. The van der Waals surface area contributed by atoms with Crippen molar-refractivity contribution in [1.29, 1.82) is 0 Å². The van der Waals surface area contributed by atoms with Gasteiger partial charge in [-0.2, -0.15) is 11.8 Å². The largest absolute Gasteiger partial charge is 0.368 e. The third-order valence-corrected chi connectivity index (χ3v) is 4.46. The minimum absolute atomic E-state index is 0.432. The third-order valence-electron chi connectivity index (χ3n) is 2.86. The summed E-state index contributed by atoms with van der Waals surface area (Å²) in [7, 11) is 0. The van der Waals surface area contributed by atoms with Gasteiger partial charge < -0.3 is 5.73 Å². The van der Waals surface area contributed by atoms with Crippen LogP contribution < -0.4 is 5.73 Å². The molecule has 0 bridgehead atoms. The molecule has 6 heteroatoms. The zero-order chi connectivity index (χ0) is 10.8. The summed E-state index contributed by atoms with van der Waals surface area (Å²) in [6.07, 6.45) is 3.68. The predicted molar refractivity (Wildman–Crippen MR) is 66.6 cm³/mol. The number of rotatable bonds is 3.